The lowest BCUT2D eigenvalue weighted by Crippen LogP contribution is -2.33. The number of hydrogen-bond acceptors (Lipinski definition) is 3. The highest BCUT2D eigenvalue weighted by molar-refractivity contribution is 5.80. The molecule has 1 heterocycles. The maximum Gasteiger partial charge on any atom is 0.238 e. The van der Waals surface area contributed by atoms with Gasteiger partial charge in [-0.05, 0) is 33.1 Å². The SMILES string of the molecule is CN(C)CCCN1C(=O)CNC1c1ccccc1F. The highest BCUT2D eigenvalue weighted by Gasteiger charge is 2.32. The average Bonchev–Trinajstić information content (AvgIpc) is 2.72. The van der Waals surface area contributed by atoms with Crippen molar-refractivity contribution in [2.24, 2.45) is 0 Å². The number of nitrogens with zero attached hydrogens (tertiary/aromatic N) is 2. The van der Waals surface area contributed by atoms with E-state index in [-0.39, 0.29) is 24.4 Å². The monoisotopic (exact) mass is 265 g/mol. The first-order chi connectivity index (χ1) is 9.09. The Bertz CT molecular complexity index is 450. The molecule has 104 valence electrons. The summed E-state index contributed by atoms with van der Waals surface area (Å²) in [6.45, 7) is 1.83. The van der Waals surface area contributed by atoms with E-state index in [9.17, 15) is 9.18 Å². The summed E-state index contributed by atoms with van der Waals surface area (Å²) in [4.78, 5) is 15.7. The summed E-state index contributed by atoms with van der Waals surface area (Å²) in [6.07, 6.45) is 0.543. The quantitative estimate of drug-likeness (QED) is 0.869. The van der Waals surface area contributed by atoms with Crippen LogP contribution in [0.15, 0.2) is 24.3 Å². The van der Waals surface area contributed by atoms with Gasteiger partial charge in [0.2, 0.25) is 5.91 Å². The number of nitrogens with one attached hydrogen (secondary N) is 1. The van der Waals surface area contributed by atoms with Crippen LogP contribution in [0.25, 0.3) is 0 Å². The van der Waals surface area contributed by atoms with E-state index in [0.717, 1.165) is 13.0 Å². The lowest BCUT2D eigenvalue weighted by atomic mass is 10.1. The van der Waals surface area contributed by atoms with Gasteiger partial charge >= 0.3 is 0 Å². The fourth-order valence-corrected chi connectivity index (χ4v) is 2.33. The molecule has 1 saturated heterocycles. The van der Waals surface area contributed by atoms with Gasteiger partial charge in [0.1, 0.15) is 12.0 Å². The Morgan fingerprint density at radius 1 is 1.42 bits per heavy atom. The van der Waals surface area contributed by atoms with Crippen LogP contribution in [0.5, 0.6) is 0 Å². The van der Waals surface area contributed by atoms with Gasteiger partial charge in [-0.25, -0.2) is 4.39 Å². The molecule has 1 amide bonds. The summed E-state index contributed by atoms with van der Waals surface area (Å²) in [7, 11) is 4.00. The molecule has 1 aromatic carbocycles. The molecule has 1 aliphatic heterocycles. The Balaban J connectivity index is 2.07. The third-order valence-electron chi connectivity index (χ3n) is 3.28. The first-order valence-corrected chi connectivity index (χ1v) is 6.51. The zero-order valence-electron chi connectivity index (χ0n) is 11.4. The van der Waals surface area contributed by atoms with Crippen molar-refractivity contribution in [2.75, 3.05) is 33.7 Å². The Morgan fingerprint density at radius 3 is 2.84 bits per heavy atom. The molecule has 0 aliphatic carbocycles. The van der Waals surface area contributed by atoms with Crippen LogP contribution in [-0.2, 0) is 4.79 Å². The summed E-state index contributed by atoms with van der Waals surface area (Å²) in [6, 6.07) is 6.61. The van der Waals surface area contributed by atoms with Crippen molar-refractivity contribution in [3.8, 4) is 0 Å². The third-order valence-corrected chi connectivity index (χ3v) is 3.28. The smallest absolute Gasteiger partial charge is 0.238 e. The lowest BCUT2D eigenvalue weighted by Gasteiger charge is -2.25. The normalized spacial score (nSPS) is 19.5. The maximum atomic E-state index is 13.8. The lowest BCUT2D eigenvalue weighted by molar-refractivity contribution is -0.128. The van der Waals surface area contributed by atoms with Crippen LogP contribution >= 0.6 is 0 Å². The van der Waals surface area contributed by atoms with Crippen molar-refractivity contribution in [3.63, 3.8) is 0 Å². The predicted molar refractivity (Wildman–Crippen MR) is 72.0 cm³/mol. The van der Waals surface area contributed by atoms with Crippen molar-refractivity contribution < 1.29 is 9.18 Å². The van der Waals surface area contributed by atoms with E-state index in [2.05, 4.69) is 10.2 Å². The minimum absolute atomic E-state index is 0.0343. The molecule has 5 heteroatoms. The van der Waals surface area contributed by atoms with E-state index in [4.69, 9.17) is 0 Å². The topological polar surface area (TPSA) is 35.6 Å². The predicted octanol–water partition coefficient (Wildman–Crippen LogP) is 1.21. The summed E-state index contributed by atoms with van der Waals surface area (Å²) < 4.78 is 13.8. The van der Waals surface area contributed by atoms with Crippen molar-refractivity contribution in [3.05, 3.63) is 35.6 Å². The molecule has 1 aromatic rings. The molecule has 4 nitrogen and oxygen atoms in total. The molecule has 1 atom stereocenters. The number of hydrogen-bond donors (Lipinski definition) is 1. The molecule has 1 aliphatic rings. The first kappa shape index (κ1) is 14.0. The number of rotatable bonds is 5. The van der Waals surface area contributed by atoms with Crippen LogP contribution in [-0.4, -0.2) is 49.4 Å². The van der Waals surface area contributed by atoms with E-state index >= 15 is 0 Å². The Hall–Kier alpha value is -1.46. The van der Waals surface area contributed by atoms with Crippen molar-refractivity contribution in [2.45, 2.75) is 12.6 Å². The van der Waals surface area contributed by atoms with Crippen molar-refractivity contribution >= 4 is 5.91 Å². The third kappa shape index (κ3) is 3.30. The van der Waals surface area contributed by atoms with Gasteiger partial charge < -0.3 is 9.80 Å². The van der Waals surface area contributed by atoms with E-state index in [1.54, 1.807) is 23.1 Å². The summed E-state index contributed by atoms with van der Waals surface area (Å²) in [5, 5.41) is 3.07. The Kier molecular flexibility index (Phi) is 4.50. The summed E-state index contributed by atoms with van der Waals surface area (Å²) in [5.74, 6) is -0.237. The summed E-state index contributed by atoms with van der Waals surface area (Å²) >= 11 is 0. The number of carbonyl (C=O) groups is 1. The van der Waals surface area contributed by atoms with Crippen molar-refractivity contribution in [1.29, 1.82) is 0 Å². The number of amides is 1. The first-order valence-electron chi connectivity index (χ1n) is 6.51. The van der Waals surface area contributed by atoms with Crippen molar-refractivity contribution in [1.82, 2.24) is 15.1 Å². The van der Waals surface area contributed by atoms with E-state index in [1.807, 2.05) is 14.1 Å². The van der Waals surface area contributed by atoms with Gasteiger partial charge in [0.05, 0.1) is 6.54 Å². The van der Waals surface area contributed by atoms with E-state index < -0.39 is 0 Å². The van der Waals surface area contributed by atoms with Crippen LogP contribution in [0, 0.1) is 5.82 Å². The van der Waals surface area contributed by atoms with Crippen LogP contribution in [0.2, 0.25) is 0 Å². The van der Waals surface area contributed by atoms with Gasteiger partial charge in [0.25, 0.3) is 0 Å². The number of benzene rings is 1. The van der Waals surface area contributed by atoms with Gasteiger partial charge in [0.15, 0.2) is 0 Å². The highest BCUT2D eigenvalue weighted by Crippen LogP contribution is 2.24. The fraction of sp³-hybridized carbons (Fsp3) is 0.500. The van der Waals surface area contributed by atoms with E-state index in [1.165, 1.54) is 6.07 Å². The molecule has 1 N–H and O–H groups in total. The molecule has 0 bridgehead atoms. The second-order valence-corrected chi connectivity index (χ2v) is 5.05. The van der Waals surface area contributed by atoms with Crippen LogP contribution in [0.3, 0.4) is 0 Å². The molecule has 0 radical (unpaired) electrons. The molecule has 0 aromatic heterocycles. The van der Waals surface area contributed by atoms with Gasteiger partial charge in [-0.2, -0.15) is 0 Å². The largest absolute Gasteiger partial charge is 0.322 e. The number of carbonyl (C=O) groups excluding carboxylic acids is 1. The maximum absolute atomic E-state index is 13.8. The average molecular weight is 265 g/mol. The molecule has 2 rings (SSSR count). The summed E-state index contributed by atoms with van der Waals surface area (Å²) in [5.41, 5.74) is 0.540. The molecular formula is C14H20FN3O. The van der Waals surface area contributed by atoms with Crippen LogP contribution in [0.4, 0.5) is 4.39 Å². The molecule has 0 saturated carbocycles. The van der Waals surface area contributed by atoms with E-state index in [0.29, 0.717) is 12.1 Å². The zero-order valence-corrected chi connectivity index (χ0v) is 11.4. The molecule has 19 heavy (non-hydrogen) atoms. The second-order valence-electron chi connectivity index (χ2n) is 5.05. The fourth-order valence-electron chi connectivity index (χ4n) is 2.33. The minimum atomic E-state index is -0.337. The molecular weight excluding hydrogens is 245 g/mol. The van der Waals surface area contributed by atoms with Crippen LogP contribution < -0.4 is 5.32 Å². The zero-order chi connectivity index (χ0) is 13.8. The minimum Gasteiger partial charge on any atom is -0.322 e. The standard InChI is InChI=1S/C14H20FN3O/c1-17(2)8-5-9-18-13(19)10-16-14(18)11-6-3-4-7-12(11)15/h3-4,6-7,14,16H,5,8-10H2,1-2H3. The second kappa shape index (κ2) is 6.12. The molecule has 1 unspecified atom stereocenters. The van der Waals surface area contributed by atoms with Crippen LogP contribution in [0.1, 0.15) is 18.2 Å². The van der Waals surface area contributed by atoms with Gasteiger partial charge in [-0.15, -0.1) is 0 Å². The molecule has 0 spiro atoms. The Morgan fingerprint density at radius 2 is 2.16 bits per heavy atom. The van der Waals surface area contributed by atoms with Gasteiger partial charge in [-0.1, -0.05) is 18.2 Å². The Labute approximate surface area is 113 Å². The highest BCUT2D eigenvalue weighted by atomic mass is 19.1. The number of halogens is 1. The van der Waals surface area contributed by atoms with Gasteiger partial charge in [-0.3, -0.25) is 10.1 Å². The van der Waals surface area contributed by atoms with Gasteiger partial charge in [0, 0.05) is 12.1 Å². The molecule has 1 fully saturated rings.